The third-order valence-electron chi connectivity index (χ3n) is 2.20. The van der Waals surface area contributed by atoms with Gasteiger partial charge in [-0.1, -0.05) is 6.92 Å². The molecule has 11 heavy (non-hydrogen) atoms. The van der Waals surface area contributed by atoms with Crippen LogP contribution < -0.4 is 0 Å². The summed E-state index contributed by atoms with van der Waals surface area (Å²) in [6, 6.07) is 2.18. The molecule has 0 heterocycles. The Morgan fingerprint density at radius 3 is 2.73 bits per heavy atom. The number of rotatable bonds is 5. The summed E-state index contributed by atoms with van der Waals surface area (Å²) in [6.45, 7) is 5.44. The number of hydrogen-bond acceptors (Lipinski definition) is 2. The lowest BCUT2D eigenvalue weighted by Gasteiger charge is -2.17. The van der Waals surface area contributed by atoms with E-state index in [4.69, 9.17) is 5.26 Å². The largest absolute Gasteiger partial charge is 0.302 e. The Bertz CT molecular complexity index is 144. The fourth-order valence-corrected chi connectivity index (χ4v) is 1.25. The summed E-state index contributed by atoms with van der Waals surface area (Å²) in [5.41, 5.74) is 0. The maximum Gasteiger partial charge on any atom is 0.0635 e. The lowest BCUT2D eigenvalue weighted by Crippen LogP contribution is -2.26. The van der Waals surface area contributed by atoms with E-state index in [-0.39, 0.29) is 0 Å². The first-order valence-electron chi connectivity index (χ1n) is 4.46. The first-order valence-corrected chi connectivity index (χ1v) is 4.46. The molecule has 1 fully saturated rings. The molecule has 0 aromatic heterocycles. The van der Waals surface area contributed by atoms with Gasteiger partial charge in [0.25, 0.3) is 0 Å². The Morgan fingerprint density at radius 2 is 2.27 bits per heavy atom. The molecule has 0 atom stereocenters. The molecule has 0 aliphatic heterocycles. The minimum atomic E-state index is 0.681. The molecule has 0 aromatic rings. The van der Waals surface area contributed by atoms with Gasteiger partial charge in [0.1, 0.15) is 0 Å². The van der Waals surface area contributed by atoms with E-state index in [0.717, 1.165) is 19.0 Å². The van der Waals surface area contributed by atoms with E-state index >= 15 is 0 Å². The highest BCUT2D eigenvalue weighted by Crippen LogP contribution is 2.29. The van der Waals surface area contributed by atoms with Crippen LogP contribution in [0, 0.1) is 17.2 Å². The Balaban J connectivity index is 2.08. The first-order chi connectivity index (χ1) is 5.36. The lowest BCUT2D eigenvalue weighted by atomic mass is 10.3. The molecule has 1 aliphatic carbocycles. The van der Waals surface area contributed by atoms with Crippen molar-refractivity contribution in [2.45, 2.75) is 26.2 Å². The average Bonchev–Trinajstić information content (AvgIpc) is 2.81. The van der Waals surface area contributed by atoms with E-state index < -0.39 is 0 Å². The summed E-state index contributed by atoms with van der Waals surface area (Å²) < 4.78 is 0. The van der Waals surface area contributed by atoms with Gasteiger partial charge in [-0.25, -0.2) is 0 Å². The van der Waals surface area contributed by atoms with E-state index in [2.05, 4.69) is 17.9 Å². The predicted molar refractivity (Wildman–Crippen MR) is 45.1 cm³/mol. The minimum absolute atomic E-state index is 0.681. The number of hydrogen-bond donors (Lipinski definition) is 0. The SMILES string of the molecule is CCN(CCC#N)CC1CC1. The molecule has 0 unspecified atom stereocenters. The van der Waals surface area contributed by atoms with Gasteiger partial charge >= 0.3 is 0 Å². The summed E-state index contributed by atoms with van der Waals surface area (Å²) in [7, 11) is 0. The second-order valence-electron chi connectivity index (χ2n) is 3.24. The third-order valence-corrected chi connectivity index (χ3v) is 2.20. The minimum Gasteiger partial charge on any atom is -0.302 e. The Hall–Kier alpha value is -0.550. The van der Waals surface area contributed by atoms with Gasteiger partial charge in [-0.3, -0.25) is 0 Å². The normalized spacial score (nSPS) is 16.8. The van der Waals surface area contributed by atoms with E-state index in [1.807, 2.05) is 0 Å². The highest BCUT2D eigenvalue weighted by molar-refractivity contribution is 4.79. The summed E-state index contributed by atoms with van der Waals surface area (Å²) in [6.07, 6.45) is 3.49. The monoisotopic (exact) mass is 152 g/mol. The molecule has 0 N–H and O–H groups in total. The van der Waals surface area contributed by atoms with E-state index in [1.54, 1.807) is 0 Å². The van der Waals surface area contributed by atoms with Crippen molar-refractivity contribution < 1.29 is 0 Å². The topological polar surface area (TPSA) is 27.0 Å². The fraction of sp³-hybridized carbons (Fsp3) is 0.889. The zero-order valence-corrected chi connectivity index (χ0v) is 7.21. The molecular weight excluding hydrogens is 136 g/mol. The number of nitrogens with zero attached hydrogens (tertiary/aromatic N) is 2. The molecular formula is C9H16N2. The molecule has 2 heteroatoms. The molecule has 0 spiro atoms. The summed E-state index contributed by atoms with van der Waals surface area (Å²) in [5.74, 6) is 0.952. The van der Waals surface area contributed by atoms with Gasteiger partial charge in [-0.15, -0.1) is 0 Å². The maximum atomic E-state index is 8.38. The van der Waals surface area contributed by atoms with Crippen LogP contribution in [0.1, 0.15) is 26.2 Å². The third kappa shape index (κ3) is 3.38. The van der Waals surface area contributed by atoms with E-state index in [1.165, 1.54) is 19.4 Å². The fourth-order valence-electron chi connectivity index (χ4n) is 1.25. The van der Waals surface area contributed by atoms with Crippen molar-refractivity contribution in [3.05, 3.63) is 0 Å². The van der Waals surface area contributed by atoms with E-state index in [9.17, 15) is 0 Å². The summed E-state index contributed by atoms with van der Waals surface area (Å²) in [5, 5.41) is 8.38. The molecule has 1 aliphatic rings. The van der Waals surface area contributed by atoms with Crippen LogP contribution in [0.4, 0.5) is 0 Å². The molecule has 62 valence electrons. The van der Waals surface area contributed by atoms with Crippen molar-refractivity contribution in [1.82, 2.24) is 4.90 Å². The van der Waals surface area contributed by atoms with Crippen molar-refractivity contribution in [2.75, 3.05) is 19.6 Å². The van der Waals surface area contributed by atoms with Crippen molar-refractivity contribution in [2.24, 2.45) is 5.92 Å². The average molecular weight is 152 g/mol. The van der Waals surface area contributed by atoms with Crippen LogP contribution >= 0.6 is 0 Å². The molecule has 0 radical (unpaired) electrons. The zero-order valence-electron chi connectivity index (χ0n) is 7.21. The zero-order chi connectivity index (χ0) is 8.10. The van der Waals surface area contributed by atoms with Crippen LogP contribution in [0.5, 0.6) is 0 Å². The highest BCUT2D eigenvalue weighted by atomic mass is 15.1. The standard InChI is InChI=1S/C9H16N2/c1-2-11(7-3-6-10)8-9-4-5-9/h9H,2-5,7-8H2,1H3. The molecule has 0 saturated heterocycles. The molecule has 2 nitrogen and oxygen atoms in total. The van der Waals surface area contributed by atoms with Gasteiger partial charge in [-0.05, 0) is 25.3 Å². The van der Waals surface area contributed by atoms with Crippen LogP contribution in [0.15, 0.2) is 0 Å². The van der Waals surface area contributed by atoms with Crippen molar-refractivity contribution in [3.63, 3.8) is 0 Å². The Labute approximate surface area is 68.8 Å². The van der Waals surface area contributed by atoms with Gasteiger partial charge in [0.05, 0.1) is 6.07 Å². The van der Waals surface area contributed by atoms with Gasteiger partial charge in [0, 0.05) is 19.5 Å². The lowest BCUT2D eigenvalue weighted by molar-refractivity contribution is 0.283. The van der Waals surface area contributed by atoms with Gasteiger partial charge in [-0.2, -0.15) is 5.26 Å². The second kappa shape index (κ2) is 4.35. The Morgan fingerprint density at radius 1 is 1.55 bits per heavy atom. The van der Waals surface area contributed by atoms with Crippen LogP contribution in [0.2, 0.25) is 0 Å². The van der Waals surface area contributed by atoms with Gasteiger partial charge < -0.3 is 4.90 Å². The Kier molecular flexibility index (Phi) is 3.38. The second-order valence-corrected chi connectivity index (χ2v) is 3.24. The molecule has 0 bridgehead atoms. The quantitative estimate of drug-likeness (QED) is 0.598. The summed E-state index contributed by atoms with van der Waals surface area (Å²) >= 11 is 0. The van der Waals surface area contributed by atoms with Crippen molar-refractivity contribution >= 4 is 0 Å². The molecule has 0 aromatic carbocycles. The highest BCUT2D eigenvalue weighted by Gasteiger charge is 2.23. The van der Waals surface area contributed by atoms with Crippen LogP contribution in [-0.4, -0.2) is 24.5 Å². The van der Waals surface area contributed by atoms with Gasteiger partial charge in [0.15, 0.2) is 0 Å². The maximum absolute atomic E-state index is 8.38. The van der Waals surface area contributed by atoms with Crippen molar-refractivity contribution in [3.8, 4) is 6.07 Å². The first kappa shape index (κ1) is 8.55. The molecule has 1 rings (SSSR count). The van der Waals surface area contributed by atoms with Crippen LogP contribution in [0.3, 0.4) is 0 Å². The molecule has 0 amide bonds. The van der Waals surface area contributed by atoms with Gasteiger partial charge in [0.2, 0.25) is 0 Å². The predicted octanol–water partition coefficient (Wildman–Crippen LogP) is 1.63. The smallest absolute Gasteiger partial charge is 0.0635 e. The number of nitriles is 1. The van der Waals surface area contributed by atoms with Crippen molar-refractivity contribution in [1.29, 1.82) is 5.26 Å². The van der Waals surface area contributed by atoms with E-state index in [0.29, 0.717) is 6.42 Å². The van der Waals surface area contributed by atoms with Crippen LogP contribution in [0.25, 0.3) is 0 Å². The molecule has 1 saturated carbocycles. The van der Waals surface area contributed by atoms with Crippen LogP contribution in [-0.2, 0) is 0 Å². The summed E-state index contributed by atoms with van der Waals surface area (Å²) in [4.78, 5) is 2.38.